The largest absolute Gasteiger partial charge is 0.472 e. The van der Waals surface area contributed by atoms with Crippen molar-refractivity contribution in [2.24, 2.45) is 0 Å². The molecule has 3 rings (SSSR count). The molecular weight excluding hydrogens is 411 g/mol. The van der Waals surface area contributed by atoms with E-state index in [9.17, 15) is 22.8 Å². The Morgan fingerprint density at radius 1 is 0.968 bits per heavy atom. The average molecular weight is 431 g/mol. The Morgan fingerprint density at radius 3 is 2.29 bits per heavy atom. The quantitative estimate of drug-likeness (QED) is 0.482. The Labute approximate surface area is 176 Å². The van der Waals surface area contributed by atoms with E-state index in [0.717, 1.165) is 24.1 Å². The number of amides is 2. The van der Waals surface area contributed by atoms with Crippen molar-refractivity contribution in [3.63, 3.8) is 0 Å². The van der Waals surface area contributed by atoms with Crippen molar-refractivity contribution in [3.8, 4) is 0 Å². The van der Waals surface area contributed by atoms with E-state index in [4.69, 9.17) is 4.42 Å². The lowest BCUT2D eigenvalue weighted by atomic mass is 10.1. The van der Waals surface area contributed by atoms with Crippen molar-refractivity contribution < 1.29 is 27.2 Å². The predicted octanol–water partition coefficient (Wildman–Crippen LogP) is 5.16. The van der Waals surface area contributed by atoms with E-state index < -0.39 is 23.6 Å². The third-order valence-corrected chi connectivity index (χ3v) is 4.45. The fraction of sp³-hybridized carbons (Fsp3) is 0.182. The highest BCUT2D eigenvalue weighted by molar-refractivity contribution is 6.04. The molecule has 0 saturated carbocycles. The van der Waals surface area contributed by atoms with Gasteiger partial charge in [0.2, 0.25) is 5.91 Å². The van der Waals surface area contributed by atoms with Gasteiger partial charge in [-0.3, -0.25) is 9.59 Å². The van der Waals surface area contributed by atoms with E-state index in [0.29, 0.717) is 5.69 Å². The standard InChI is InChI=1S/C22H20F3N3O3/c1-2-14-3-5-16(6-4-14)27-20(29)12-26-19-8-7-17(11-18(19)22(23,24)25)28-21(30)15-9-10-31-13-15/h3-11,13,26H,2,12H2,1H3,(H,27,29)(H,28,30). The molecule has 0 aliphatic heterocycles. The lowest BCUT2D eigenvalue weighted by molar-refractivity contribution is -0.137. The Bertz CT molecular complexity index is 1050. The highest BCUT2D eigenvalue weighted by Crippen LogP contribution is 2.36. The van der Waals surface area contributed by atoms with Crippen molar-refractivity contribution in [1.29, 1.82) is 0 Å². The number of halogens is 3. The van der Waals surface area contributed by atoms with Crippen molar-refractivity contribution in [3.05, 3.63) is 77.7 Å². The van der Waals surface area contributed by atoms with Crippen LogP contribution in [0.3, 0.4) is 0 Å². The fourth-order valence-corrected chi connectivity index (χ4v) is 2.81. The van der Waals surface area contributed by atoms with Gasteiger partial charge in [-0.15, -0.1) is 0 Å². The second-order valence-corrected chi connectivity index (χ2v) is 6.68. The van der Waals surface area contributed by atoms with E-state index in [-0.39, 0.29) is 23.5 Å². The summed E-state index contributed by atoms with van der Waals surface area (Å²) in [5.74, 6) is -1.09. The van der Waals surface area contributed by atoms with Crippen LogP contribution in [0.25, 0.3) is 0 Å². The molecule has 9 heteroatoms. The van der Waals surface area contributed by atoms with Gasteiger partial charge >= 0.3 is 6.18 Å². The summed E-state index contributed by atoms with van der Waals surface area (Å²) in [6, 6.07) is 11.9. The van der Waals surface area contributed by atoms with Gasteiger partial charge in [-0.25, -0.2) is 0 Å². The molecule has 31 heavy (non-hydrogen) atoms. The molecular formula is C22H20F3N3O3. The molecule has 0 aliphatic rings. The van der Waals surface area contributed by atoms with Gasteiger partial charge in [0, 0.05) is 17.1 Å². The maximum absolute atomic E-state index is 13.5. The van der Waals surface area contributed by atoms with Crippen LogP contribution in [0, 0.1) is 0 Å². The van der Waals surface area contributed by atoms with Crippen molar-refractivity contribution in [2.45, 2.75) is 19.5 Å². The van der Waals surface area contributed by atoms with Crippen molar-refractivity contribution >= 4 is 28.9 Å². The molecule has 0 aliphatic carbocycles. The normalized spacial score (nSPS) is 11.1. The number of hydrogen-bond donors (Lipinski definition) is 3. The zero-order valence-electron chi connectivity index (χ0n) is 16.5. The Morgan fingerprint density at radius 2 is 1.68 bits per heavy atom. The molecule has 0 bridgehead atoms. The van der Waals surface area contributed by atoms with Crippen LogP contribution in [0.1, 0.15) is 28.4 Å². The zero-order chi connectivity index (χ0) is 22.4. The SMILES string of the molecule is CCc1ccc(NC(=O)CNc2ccc(NC(=O)c3ccoc3)cc2C(F)(F)F)cc1. The minimum atomic E-state index is -4.69. The van der Waals surface area contributed by atoms with Gasteiger partial charge in [0.25, 0.3) is 5.91 Å². The van der Waals surface area contributed by atoms with Crippen LogP contribution < -0.4 is 16.0 Å². The summed E-state index contributed by atoms with van der Waals surface area (Å²) >= 11 is 0. The topological polar surface area (TPSA) is 83.4 Å². The fourth-order valence-electron chi connectivity index (χ4n) is 2.81. The molecule has 0 atom stereocenters. The number of carbonyl (C=O) groups is 2. The Balaban J connectivity index is 1.68. The molecule has 0 unspecified atom stereocenters. The third kappa shape index (κ3) is 5.88. The molecule has 0 fully saturated rings. The minimum absolute atomic E-state index is 0.0375. The van der Waals surface area contributed by atoms with Gasteiger partial charge < -0.3 is 20.4 Å². The molecule has 6 nitrogen and oxygen atoms in total. The highest BCUT2D eigenvalue weighted by atomic mass is 19.4. The van der Waals surface area contributed by atoms with Crippen LogP contribution >= 0.6 is 0 Å². The Hall–Kier alpha value is -3.75. The van der Waals surface area contributed by atoms with Crippen LogP contribution in [0.4, 0.5) is 30.2 Å². The molecule has 3 N–H and O–H groups in total. The van der Waals surface area contributed by atoms with Crippen LogP contribution in [0.2, 0.25) is 0 Å². The monoisotopic (exact) mass is 431 g/mol. The molecule has 162 valence electrons. The number of aryl methyl sites for hydroxylation is 1. The van der Waals surface area contributed by atoms with Crippen LogP contribution in [-0.4, -0.2) is 18.4 Å². The number of carbonyl (C=O) groups excluding carboxylic acids is 2. The molecule has 0 spiro atoms. The second-order valence-electron chi connectivity index (χ2n) is 6.68. The number of rotatable bonds is 7. The molecule has 3 aromatic rings. The lowest BCUT2D eigenvalue weighted by Gasteiger charge is -2.16. The smallest absolute Gasteiger partial charge is 0.418 e. The number of benzene rings is 2. The van der Waals surface area contributed by atoms with Crippen molar-refractivity contribution in [1.82, 2.24) is 0 Å². The molecule has 0 saturated heterocycles. The number of hydrogen-bond acceptors (Lipinski definition) is 4. The van der Waals surface area contributed by atoms with E-state index in [1.807, 2.05) is 19.1 Å². The summed E-state index contributed by atoms with van der Waals surface area (Å²) in [7, 11) is 0. The number of furan rings is 1. The molecule has 2 aromatic carbocycles. The lowest BCUT2D eigenvalue weighted by Crippen LogP contribution is -2.23. The highest BCUT2D eigenvalue weighted by Gasteiger charge is 2.34. The Kier molecular flexibility index (Phi) is 6.64. The minimum Gasteiger partial charge on any atom is -0.472 e. The van der Waals surface area contributed by atoms with Crippen molar-refractivity contribution in [2.75, 3.05) is 22.5 Å². The van der Waals surface area contributed by atoms with E-state index in [1.165, 1.54) is 24.7 Å². The first-order valence-electron chi connectivity index (χ1n) is 9.43. The number of nitrogens with one attached hydrogen (secondary N) is 3. The molecule has 2 amide bonds. The van der Waals surface area contributed by atoms with Gasteiger partial charge in [-0.1, -0.05) is 19.1 Å². The van der Waals surface area contributed by atoms with E-state index in [2.05, 4.69) is 16.0 Å². The second kappa shape index (κ2) is 9.38. The van der Waals surface area contributed by atoms with Crippen LogP contribution in [-0.2, 0) is 17.4 Å². The molecule has 1 aromatic heterocycles. The summed E-state index contributed by atoms with van der Waals surface area (Å²) in [4.78, 5) is 24.2. The first-order valence-corrected chi connectivity index (χ1v) is 9.43. The summed E-state index contributed by atoms with van der Waals surface area (Å²) < 4.78 is 45.3. The van der Waals surface area contributed by atoms with Gasteiger partial charge in [0.05, 0.1) is 23.9 Å². The van der Waals surface area contributed by atoms with E-state index >= 15 is 0 Å². The summed E-state index contributed by atoms with van der Waals surface area (Å²) in [5.41, 5.74) is 0.523. The maximum Gasteiger partial charge on any atom is 0.418 e. The average Bonchev–Trinajstić information content (AvgIpc) is 3.28. The van der Waals surface area contributed by atoms with Crippen LogP contribution in [0.15, 0.2) is 65.5 Å². The molecule has 1 heterocycles. The number of anilines is 3. The maximum atomic E-state index is 13.5. The molecule has 0 radical (unpaired) electrons. The van der Waals surface area contributed by atoms with Gasteiger partial charge in [0.1, 0.15) is 6.26 Å². The summed E-state index contributed by atoms with van der Waals surface area (Å²) in [6.07, 6.45) is -1.36. The first-order chi connectivity index (χ1) is 14.8. The first kappa shape index (κ1) is 21.9. The van der Waals surface area contributed by atoms with Crippen LogP contribution in [0.5, 0.6) is 0 Å². The number of alkyl halides is 3. The van der Waals surface area contributed by atoms with Gasteiger partial charge in [0.15, 0.2) is 0 Å². The van der Waals surface area contributed by atoms with Gasteiger partial charge in [-0.2, -0.15) is 13.2 Å². The third-order valence-electron chi connectivity index (χ3n) is 4.45. The zero-order valence-corrected chi connectivity index (χ0v) is 16.5. The summed E-state index contributed by atoms with van der Waals surface area (Å²) in [5, 5.41) is 7.52. The van der Waals surface area contributed by atoms with E-state index in [1.54, 1.807) is 12.1 Å². The predicted molar refractivity (Wildman–Crippen MR) is 111 cm³/mol. The summed E-state index contributed by atoms with van der Waals surface area (Å²) in [6.45, 7) is 1.64. The van der Waals surface area contributed by atoms with Gasteiger partial charge in [-0.05, 0) is 48.4 Å².